The van der Waals surface area contributed by atoms with E-state index in [4.69, 9.17) is 4.74 Å². The Morgan fingerprint density at radius 1 is 1.14 bits per heavy atom. The molecule has 5 amide bonds. The predicted molar refractivity (Wildman–Crippen MR) is 97.2 cm³/mol. The van der Waals surface area contributed by atoms with Crippen LogP contribution in [-0.4, -0.2) is 35.4 Å². The number of benzene rings is 2. The van der Waals surface area contributed by atoms with Gasteiger partial charge in [0.1, 0.15) is 11.3 Å². The van der Waals surface area contributed by atoms with Crippen LogP contribution in [0.4, 0.5) is 10.5 Å². The lowest BCUT2D eigenvalue weighted by Crippen LogP contribution is -2.47. The number of carbonyl (C=O) groups excluding carboxylic acids is 4. The molecular formula is C19H16N4O5. The first-order chi connectivity index (χ1) is 13.4. The molecular weight excluding hydrogens is 364 g/mol. The Morgan fingerprint density at radius 2 is 1.89 bits per heavy atom. The summed E-state index contributed by atoms with van der Waals surface area (Å²) in [6.45, 7) is 1.42. The molecule has 1 unspecified atom stereocenters. The number of nitrogens with one attached hydrogen (secondary N) is 3. The van der Waals surface area contributed by atoms with E-state index < -0.39 is 23.4 Å². The molecule has 1 fully saturated rings. The van der Waals surface area contributed by atoms with Gasteiger partial charge in [0, 0.05) is 5.56 Å². The highest BCUT2D eigenvalue weighted by Crippen LogP contribution is 2.30. The maximum atomic E-state index is 12.8. The van der Waals surface area contributed by atoms with Crippen LogP contribution in [0, 0.1) is 0 Å². The molecule has 0 radical (unpaired) electrons. The lowest BCUT2D eigenvalue weighted by Gasteiger charge is -2.22. The van der Waals surface area contributed by atoms with Crippen molar-refractivity contribution < 1.29 is 23.9 Å². The molecule has 0 spiro atoms. The number of hydrazine groups is 1. The maximum absolute atomic E-state index is 12.8. The first-order valence-electron chi connectivity index (χ1n) is 8.48. The minimum atomic E-state index is -1.28. The molecule has 0 aliphatic carbocycles. The highest BCUT2D eigenvalue weighted by atomic mass is 16.5. The van der Waals surface area contributed by atoms with Crippen molar-refractivity contribution >= 4 is 29.4 Å². The SMILES string of the molecule is CC1(c2ccccc2)NC(=O)N(NC(=O)c2ccc3c(c2)OCC(=O)N3)C1=O. The lowest BCUT2D eigenvalue weighted by atomic mass is 9.92. The maximum Gasteiger partial charge on any atom is 0.344 e. The van der Waals surface area contributed by atoms with Gasteiger partial charge < -0.3 is 15.4 Å². The number of hydrogen-bond donors (Lipinski definition) is 3. The topological polar surface area (TPSA) is 117 Å². The van der Waals surface area contributed by atoms with Crippen LogP contribution in [0.1, 0.15) is 22.8 Å². The van der Waals surface area contributed by atoms with Crippen molar-refractivity contribution in [2.24, 2.45) is 0 Å². The van der Waals surface area contributed by atoms with E-state index in [1.54, 1.807) is 37.3 Å². The number of nitrogens with zero attached hydrogens (tertiary/aromatic N) is 1. The number of urea groups is 1. The Balaban J connectivity index is 1.54. The summed E-state index contributed by atoms with van der Waals surface area (Å²) in [6.07, 6.45) is 0. The molecule has 2 heterocycles. The molecule has 9 heteroatoms. The third kappa shape index (κ3) is 2.82. The Bertz CT molecular complexity index is 1010. The molecule has 2 aromatic carbocycles. The van der Waals surface area contributed by atoms with E-state index in [2.05, 4.69) is 16.1 Å². The zero-order valence-corrected chi connectivity index (χ0v) is 14.8. The highest BCUT2D eigenvalue weighted by molar-refractivity contribution is 6.09. The minimum Gasteiger partial charge on any atom is -0.482 e. The second-order valence-electron chi connectivity index (χ2n) is 6.55. The first-order valence-corrected chi connectivity index (χ1v) is 8.48. The number of ether oxygens (including phenoxy) is 1. The number of fused-ring (bicyclic) bond motifs is 1. The van der Waals surface area contributed by atoms with E-state index in [1.165, 1.54) is 18.2 Å². The fourth-order valence-electron chi connectivity index (χ4n) is 3.09. The van der Waals surface area contributed by atoms with Gasteiger partial charge in [0.05, 0.1) is 5.69 Å². The van der Waals surface area contributed by atoms with E-state index >= 15 is 0 Å². The standard InChI is InChI=1S/C19H16N4O5/c1-19(12-5-3-2-4-6-12)17(26)23(18(27)21-19)22-16(25)11-7-8-13-14(9-11)28-10-15(24)20-13/h2-9H,10H2,1H3,(H,20,24)(H,21,27)(H,22,25). The van der Waals surface area contributed by atoms with E-state index in [0.717, 1.165) is 0 Å². The van der Waals surface area contributed by atoms with E-state index in [1.807, 2.05) is 0 Å². The molecule has 2 aromatic rings. The molecule has 28 heavy (non-hydrogen) atoms. The summed E-state index contributed by atoms with van der Waals surface area (Å²) in [4.78, 5) is 49.0. The Kier molecular flexibility index (Phi) is 3.99. The predicted octanol–water partition coefficient (Wildman–Crippen LogP) is 1.13. The van der Waals surface area contributed by atoms with Crippen LogP contribution in [0.2, 0.25) is 0 Å². The minimum absolute atomic E-state index is 0.152. The summed E-state index contributed by atoms with van der Waals surface area (Å²) >= 11 is 0. The van der Waals surface area contributed by atoms with Gasteiger partial charge in [-0.3, -0.25) is 19.8 Å². The van der Waals surface area contributed by atoms with E-state index in [-0.39, 0.29) is 18.1 Å². The average Bonchev–Trinajstić information content (AvgIpc) is 2.92. The number of imide groups is 1. The van der Waals surface area contributed by atoms with E-state index in [0.29, 0.717) is 22.0 Å². The molecule has 2 aliphatic heterocycles. The summed E-state index contributed by atoms with van der Waals surface area (Å²) in [5.74, 6) is -1.22. The van der Waals surface area contributed by atoms with Crippen LogP contribution in [0.5, 0.6) is 5.75 Å². The fraction of sp³-hybridized carbons (Fsp3) is 0.158. The monoisotopic (exact) mass is 380 g/mol. The summed E-state index contributed by atoms with van der Waals surface area (Å²) in [6, 6.07) is 12.4. The van der Waals surface area contributed by atoms with Gasteiger partial charge in [-0.25, -0.2) is 4.79 Å². The van der Waals surface area contributed by atoms with Gasteiger partial charge in [-0.2, -0.15) is 5.01 Å². The van der Waals surface area contributed by atoms with Crippen molar-refractivity contribution in [1.29, 1.82) is 0 Å². The van der Waals surface area contributed by atoms with Gasteiger partial charge >= 0.3 is 6.03 Å². The molecule has 0 saturated carbocycles. The molecule has 4 rings (SSSR count). The van der Waals surface area contributed by atoms with Crippen LogP contribution >= 0.6 is 0 Å². The smallest absolute Gasteiger partial charge is 0.344 e. The number of amides is 5. The molecule has 142 valence electrons. The molecule has 9 nitrogen and oxygen atoms in total. The fourth-order valence-corrected chi connectivity index (χ4v) is 3.09. The van der Waals surface area contributed by atoms with Crippen molar-refractivity contribution in [1.82, 2.24) is 15.8 Å². The number of carbonyl (C=O) groups is 4. The van der Waals surface area contributed by atoms with Gasteiger partial charge in [-0.1, -0.05) is 30.3 Å². The van der Waals surface area contributed by atoms with Gasteiger partial charge in [-0.15, -0.1) is 0 Å². The van der Waals surface area contributed by atoms with Crippen LogP contribution in [0.3, 0.4) is 0 Å². The molecule has 0 bridgehead atoms. The third-order valence-electron chi connectivity index (χ3n) is 4.63. The van der Waals surface area contributed by atoms with Crippen molar-refractivity contribution in [3.8, 4) is 5.75 Å². The second-order valence-corrected chi connectivity index (χ2v) is 6.55. The van der Waals surface area contributed by atoms with Crippen molar-refractivity contribution in [2.75, 3.05) is 11.9 Å². The molecule has 3 N–H and O–H groups in total. The summed E-state index contributed by atoms with van der Waals surface area (Å²) in [7, 11) is 0. The molecule has 1 atom stereocenters. The highest BCUT2D eigenvalue weighted by Gasteiger charge is 2.50. The quantitative estimate of drug-likeness (QED) is 0.690. The second kappa shape index (κ2) is 6.38. The van der Waals surface area contributed by atoms with Crippen LogP contribution < -0.4 is 20.8 Å². The van der Waals surface area contributed by atoms with Crippen molar-refractivity contribution in [2.45, 2.75) is 12.5 Å². The van der Waals surface area contributed by atoms with Gasteiger partial charge in [0.25, 0.3) is 17.7 Å². The van der Waals surface area contributed by atoms with Crippen molar-refractivity contribution in [3.05, 3.63) is 59.7 Å². The molecule has 2 aliphatic rings. The van der Waals surface area contributed by atoms with Gasteiger partial charge in [0.15, 0.2) is 6.61 Å². The lowest BCUT2D eigenvalue weighted by molar-refractivity contribution is -0.132. The first kappa shape index (κ1) is 17.5. The third-order valence-corrected chi connectivity index (χ3v) is 4.63. The van der Waals surface area contributed by atoms with Crippen LogP contribution in [0.15, 0.2) is 48.5 Å². The molecule has 0 aromatic heterocycles. The van der Waals surface area contributed by atoms with E-state index in [9.17, 15) is 19.2 Å². The summed E-state index contributed by atoms with van der Waals surface area (Å²) in [5, 5.41) is 5.89. The zero-order chi connectivity index (χ0) is 19.9. The summed E-state index contributed by atoms with van der Waals surface area (Å²) < 4.78 is 5.28. The summed E-state index contributed by atoms with van der Waals surface area (Å²) in [5.41, 5.74) is 2.26. The normalized spacial score (nSPS) is 20.8. The Labute approximate surface area is 159 Å². The van der Waals surface area contributed by atoms with Crippen LogP contribution in [-0.2, 0) is 15.1 Å². The van der Waals surface area contributed by atoms with Crippen LogP contribution in [0.25, 0.3) is 0 Å². The Hall–Kier alpha value is -3.88. The number of rotatable bonds is 3. The number of hydrogen-bond acceptors (Lipinski definition) is 5. The number of anilines is 1. The van der Waals surface area contributed by atoms with Crippen molar-refractivity contribution in [3.63, 3.8) is 0 Å². The zero-order valence-electron chi connectivity index (χ0n) is 14.8. The average molecular weight is 380 g/mol. The van der Waals surface area contributed by atoms with Gasteiger partial charge in [-0.05, 0) is 30.7 Å². The van der Waals surface area contributed by atoms with Gasteiger partial charge in [0.2, 0.25) is 0 Å². The Morgan fingerprint density at radius 3 is 2.64 bits per heavy atom. The largest absolute Gasteiger partial charge is 0.482 e. The molecule has 1 saturated heterocycles.